The molecule has 0 radical (unpaired) electrons. The molecule has 0 aliphatic carbocycles. The molecule has 0 spiro atoms. The van der Waals surface area contributed by atoms with Crippen LogP contribution in [0, 0.1) is 12.8 Å². The number of hydrogen-bond donors (Lipinski definition) is 2. The topological polar surface area (TPSA) is 54.2 Å². The normalized spacial score (nSPS) is 17.1. The molecule has 1 aliphatic rings. The number of nitrogens with one attached hydrogen (secondary N) is 1. The number of aromatic nitrogens is 1. The van der Waals surface area contributed by atoms with Gasteiger partial charge in [0.1, 0.15) is 10.8 Å². The van der Waals surface area contributed by atoms with E-state index in [9.17, 15) is 0 Å². The van der Waals surface area contributed by atoms with Gasteiger partial charge >= 0.3 is 0 Å². The molecule has 1 saturated heterocycles. The van der Waals surface area contributed by atoms with E-state index >= 15 is 0 Å². The molecule has 2 rings (SSSR count). The second-order valence-electron chi connectivity index (χ2n) is 5.71. The van der Waals surface area contributed by atoms with E-state index in [4.69, 9.17) is 18.0 Å². The molecule has 0 aromatic carbocycles. The Hall–Kier alpha value is -1.20. The van der Waals surface area contributed by atoms with Crippen LogP contribution in [0.3, 0.4) is 0 Å². The summed E-state index contributed by atoms with van der Waals surface area (Å²) in [6.45, 7) is 8.75. The Morgan fingerprint density at radius 3 is 2.80 bits per heavy atom. The van der Waals surface area contributed by atoms with E-state index in [1.807, 2.05) is 19.1 Å². The van der Waals surface area contributed by atoms with Gasteiger partial charge in [0.15, 0.2) is 0 Å². The van der Waals surface area contributed by atoms with Crippen LogP contribution in [0.15, 0.2) is 12.1 Å². The highest BCUT2D eigenvalue weighted by atomic mass is 32.1. The average molecular weight is 292 g/mol. The number of nitrogens with zero attached hydrogens (tertiary/aromatic N) is 2. The van der Waals surface area contributed by atoms with Crippen molar-refractivity contribution < 1.29 is 0 Å². The first-order chi connectivity index (χ1) is 9.56. The second kappa shape index (κ2) is 6.99. The quantitative estimate of drug-likeness (QED) is 0.787. The molecule has 1 unspecified atom stereocenters. The maximum atomic E-state index is 5.75. The number of anilines is 1. The third-order valence-corrected chi connectivity index (χ3v) is 3.91. The van der Waals surface area contributed by atoms with Crippen LogP contribution >= 0.6 is 12.2 Å². The SMILES string of the molecule is Cc1ccc(C(N)=S)c(NCC(C)CN2CCCC2)n1. The number of thiocarbonyl (C=S) groups is 1. The van der Waals surface area contributed by atoms with Crippen molar-refractivity contribution in [1.82, 2.24) is 9.88 Å². The van der Waals surface area contributed by atoms with Crippen LogP contribution in [0.4, 0.5) is 5.82 Å². The fourth-order valence-electron chi connectivity index (χ4n) is 2.63. The summed E-state index contributed by atoms with van der Waals surface area (Å²) in [5.74, 6) is 1.39. The molecular weight excluding hydrogens is 268 g/mol. The molecule has 5 heteroatoms. The third kappa shape index (κ3) is 4.15. The molecule has 3 N–H and O–H groups in total. The Balaban J connectivity index is 1.92. The van der Waals surface area contributed by atoms with Crippen molar-refractivity contribution in [2.45, 2.75) is 26.7 Å². The second-order valence-corrected chi connectivity index (χ2v) is 6.15. The van der Waals surface area contributed by atoms with Crippen molar-refractivity contribution in [1.29, 1.82) is 0 Å². The lowest BCUT2D eigenvalue weighted by Gasteiger charge is -2.21. The van der Waals surface area contributed by atoms with Crippen LogP contribution in [-0.2, 0) is 0 Å². The van der Waals surface area contributed by atoms with Crippen LogP contribution in [0.5, 0.6) is 0 Å². The predicted molar refractivity (Wildman–Crippen MR) is 88.2 cm³/mol. The number of nitrogens with two attached hydrogens (primary N) is 1. The zero-order chi connectivity index (χ0) is 14.5. The minimum atomic E-state index is 0.396. The molecule has 110 valence electrons. The van der Waals surface area contributed by atoms with E-state index in [0.717, 1.165) is 30.2 Å². The van der Waals surface area contributed by atoms with Gasteiger partial charge in [-0.1, -0.05) is 19.1 Å². The van der Waals surface area contributed by atoms with Crippen LogP contribution < -0.4 is 11.1 Å². The average Bonchev–Trinajstić information content (AvgIpc) is 2.89. The number of aryl methyl sites for hydroxylation is 1. The van der Waals surface area contributed by atoms with Gasteiger partial charge in [-0.2, -0.15) is 0 Å². The van der Waals surface area contributed by atoms with Crippen molar-refractivity contribution in [2.24, 2.45) is 11.7 Å². The van der Waals surface area contributed by atoms with E-state index in [2.05, 4.69) is 22.1 Å². The van der Waals surface area contributed by atoms with E-state index in [1.165, 1.54) is 25.9 Å². The van der Waals surface area contributed by atoms with Gasteiger partial charge < -0.3 is 16.0 Å². The Kier molecular flexibility index (Phi) is 5.31. The van der Waals surface area contributed by atoms with Gasteiger partial charge in [0, 0.05) is 18.8 Å². The molecule has 1 aromatic rings. The lowest BCUT2D eigenvalue weighted by molar-refractivity contribution is 0.294. The summed E-state index contributed by atoms with van der Waals surface area (Å²) in [4.78, 5) is 7.43. The molecule has 1 atom stereocenters. The summed E-state index contributed by atoms with van der Waals surface area (Å²) < 4.78 is 0. The fraction of sp³-hybridized carbons (Fsp3) is 0.600. The minimum Gasteiger partial charge on any atom is -0.389 e. The van der Waals surface area contributed by atoms with Crippen molar-refractivity contribution in [3.8, 4) is 0 Å². The molecule has 1 fully saturated rings. The molecule has 1 aliphatic heterocycles. The molecule has 4 nitrogen and oxygen atoms in total. The molecule has 1 aromatic heterocycles. The maximum Gasteiger partial charge on any atom is 0.136 e. The summed E-state index contributed by atoms with van der Waals surface area (Å²) in [6, 6.07) is 3.88. The zero-order valence-electron chi connectivity index (χ0n) is 12.4. The van der Waals surface area contributed by atoms with Crippen molar-refractivity contribution >= 4 is 23.0 Å². The highest BCUT2D eigenvalue weighted by Crippen LogP contribution is 2.15. The summed E-state index contributed by atoms with van der Waals surface area (Å²) in [5.41, 5.74) is 7.55. The number of likely N-dealkylation sites (tertiary alicyclic amines) is 1. The van der Waals surface area contributed by atoms with E-state index < -0.39 is 0 Å². The van der Waals surface area contributed by atoms with Gasteiger partial charge in [-0.15, -0.1) is 0 Å². The maximum absolute atomic E-state index is 5.75. The van der Waals surface area contributed by atoms with E-state index in [0.29, 0.717) is 10.9 Å². The molecule has 2 heterocycles. The molecular formula is C15H24N4S. The molecule has 20 heavy (non-hydrogen) atoms. The lowest BCUT2D eigenvalue weighted by atomic mass is 10.1. The molecule has 0 bridgehead atoms. The van der Waals surface area contributed by atoms with Crippen molar-refractivity contribution in [2.75, 3.05) is 31.5 Å². The predicted octanol–water partition coefficient (Wildman–Crippen LogP) is 2.17. The Morgan fingerprint density at radius 2 is 2.15 bits per heavy atom. The van der Waals surface area contributed by atoms with Gasteiger partial charge in [0.05, 0.1) is 5.56 Å². The number of hydrogen-bond acceptors (Lipinski definition) is 4. The first kappa shape index (κ1) is 15.2. The van der Waals surface area contributed by atoms with Crippen LogP contribution in [0.25, 0.3) is 0 Å². The van der Waals surface area contributed by atoms with E-state index in [1.54, 1.807) is 0 Å². The van der Waals surface area contributed by atoms with Gasteiger partial charge in [0.2, 0.25) is 0 Å². The largest absolute Gasteiger partial charge is 0.389 e. The smallest absolute Gasteiger partial charge is 0.136 e. The van der Waals surface area contributed by atoms with Crippen LogP contribution in [0.2, 0.25) is 0 Å². The highest BCUT2D eigenvalue weighted by Gasteiger charge is 2.15. The van der Waals surface area contributed by atoms with Crippen molar-refractivity contribution in [3.05, 3.63) is 23.4 Å². The van der Waals surface area contributed by atoms with E-state index in [-0.39, 0.29) is 0 Å². The summed E-state index contributed by atoms with van der Waals surface area (Å²) in [7, 11) is 0. The highest BCUT2D eigenvalue weighted by molar-refractivity contribution is 7.80. The fourth-order valence-corrected chi connectivity index (χ4v) is 2.80. The summed E-state index contributed by atoms with van der Waals surface area (Å²) >= 11 is 5.08. The monoisotopic (exact) mass is 292 g/mol. The van der Waals surface area contributed by atoms with Gasteiger partial charge in [0.25, 0.3) is 0 Å². The Bertz CT molecular complexity index is 469. The lowest BCUT2D eigenvalue weighted by Crippen LogP contribution is -2.29. The van der Waals surface area contributed by atoms with Gasteiger partial charge in [-0.05, 0) is 50.9 Å². The number of rotatable bonds is 6. The number of pyridine rings is 1. The van der Waals surface area contributed by atoms with Gasteiger partial charge in [-0.25, -0.2) is 4.98 Å². The Labute approximate surface area is 126 Å². The Morgan fingerprint density at radius 1 is 1.45 bits per heavy atom. The molecule has 0 saturated carbocycles. The summed E-state index contributed by atoms with van der Waals surface area (Å²) in [5, 5.41) is 3.40. The minimum absolute atomic E-state index is 0.396. The molecule has 0 amide bonds. The standard InChI is InChI=1S/C15H24N4S/c1-11(10-19-7-3-4-8-19)9-17-15-13(14(16)20)6-5-12(2)18-15/h5-6,11H,3-4,7-10H2,1-2H3,(H2,16,20)(H,17,18). The zero-order valence-corrected chi connectivity index (χ0v) is 13.2. The third-order valence-electron chi connectivity index (χ3n) is 3.69. The van der Waals surface area contributed by atoms with Crippen LogP contribution in [-0.4, -0.2) is 41.1 Å². The first-order valence-electron chi connectivity index (χ1n) is 7.30. The van der Waals surface area contributed by atoms with Crippen molar-refractivity contribution in [3.63, 3.8) is 0 Å². The first-order valence-corrected chi connectivity index (χ1v) is 7.71. The summed E-state index contributed by atoms with van der Waals surface area (Å²) in [6.07, 6.45) is 2.68. The van der Waals surface area contributed by atoms with Gasteiger partial charge in [-0.3, -0.25) is 0 Å². The van der Waals surface area contributed by atoms with Crippen LogP contribution in [0.1, 0.15) is 31.0 Å².